The van der Waals surface area contributed by atoms with E-state index in [4.69, 9.17) is 11.5 Å². The van der Waals surface area contributed by atoms with E-state index in [1.807, 2.05) is 0 Å². The summed E-state index contributed by atoms with van der Waals surface area (Å²) in [5.41, 5.74) is 12.1. The van der Waals surface area contributed by atoms with Crippen LogP contribution in [0.3, 0.4) is 0 Å². The molecule has 0 saturated heterocycles. The third kappa shape index (κ3) is 37.1. The molecule has 298 valence electrons. The van der Waals surface area contributed by atoms with Crippen LogP contribution in [0.4, 0.5) is 0 Å². The van der Waals surface area contributed by atoms with Crippen molar-refractivity contribution in [2.75, 3.05) is 52.4 Å². The normalized spacial score (nSPS) is 13.5. The molecule has 0 amide bonds. The Morgan fingerprint density at radius 2 is 0.620 bits per heavy atom. The molecule has 4 heteroatoms. The molecular formula is C46H94N4. The van der Waals surface area contributed by atoms with Crippen molar-refractivity contribution in [1.29, 1.82) is 0 Å². The molecule has 2 atom stereocenters. The average molecular weight is 703 g/mol. The monoisotopic (exact) mass is 703 g/mol. The van der Waals surface area contributed by atoms with E-state index in [9.17, 15) is 0 Å². The van der Waals surface area contributed by atoms with E-state index in [-0.39, 0.29) is 0 Å². The Morgan fingerprint density at radius 1 is 0.360 bits per heavy atom. The number of hydrogen-bond acceptors (Lipinski definition) is 4. The first-order chi connectivity index (χ1) is 24.6. The van der Waals surface area contributed by atoms with E-state index in [1.54, 1.807) is 0 Å². The van der Waals surface area contributed by atoms with Crippen LogP contribution in [0.15, 0.2) is 24.3 Å². The molecule has 0 aromatic heterocycles. The van der Waals surface area contributed by atoms with Gasteiger partial charge in [0, 0.05) is 26.2 Å². The SMILES string of the molecule is CCCCCCCC/C=C\CCCCCCCCN(CCN(CCCCCCCC/C=C\CCCCCCCC)CC(C)CN)CC(C)CN. The molecule has 4 nitrogen and oxygen atoms in total. The van der Waals surface area contributed by atoms with Gasteiger partial charge in [0.2, 0.25) is 0 Å². The highest BCUT2D eigenvalue weighted by molar-refractivity contribution is 4.82. The standard InChI is InChI=1S/C46H94N4/c1-5-7-9-11-13-15-17-19-21-23-25-27-29-31-33-35-37-49(43-45(3)41-47)39-40-50(44-46(4)42-48)38-36-34-32-30-28-26-24-22-20-18-16-14-12-10-8-6-2/h19-22,45-46H,5-18,23-44,47-48H2,1-4H3/b21-19-,22-20-. The molecule has 4 N–H and O–H groups in total. The minimum absolute atomic E-state index is 0.566. The number of nitrogens with zero attached hydrogens (tertiary/aromatic N) is 2. The lowest BCUT2D eigenvalue weighted by Gasteiger charge is -2.30. The number of allylic oxidation sites excluding steroid dienone is 4. The summed E-state index contributed by atoms with van der Waals surface area (Å²) in [5, 5.41) is 0. The van der Waals surface area contributed by atoms with Gasteiger partial charge in [-0.1, -0.05) is 168 Å². The fourth-order valence-corrected chi connectivity index (χ4v) is 7.07. The van der Waals surface area contributed by atoms with E-state index in [0.29, 0.717) is 11.8 Å². The summed E-state index contributed by atoms with van der Waals surface area (Å²) in [6.45, 7) is 17.8. The lowest BCUT2D eigenvalue weighted by molar-refractivity contribution is 0.171. The number of nitrogens with two attached hydrogens (primary N) is 2. The Morgan fingerprint density at radius 3 is 0.900 bits per heavy atom. The van der Waals surface area contributed by atoms with E-state index in [1.165, 1.54) is 206 Å². The predicted molar refractivity (Wildman–Crippen MR) is 228 cm³/mol. The zero-order valence-electron chi connectivity index (χ0n) is 35.0. The van der Waals surface area contributed by atoms with Gasteiger partial charge in [-0.3, -0.25) is 0 Å². The minimum atomic E-state index is 0.566. The quantitative estimate of drug-likeness (QED) is 0.0492. The molecule has 0 heterocycles. The highest BCUT2D eigenvalue weighted by atomic mass is 15.2. The summed E-state index contributed by atoms with van der Waals surface area (Å²) in [4.78, 5) is 5.43. The molecular weight excluding hydrogens is 609 g/mol. The summed E-state index contributed by atoms with van der Waals surface area (Å²) < 4.78 is 0. The van der Waals surface area contributed by atoms with Gasteiger partial charge in [0.05, 0.1) is 0 Å². The predicted octanol–water partition coefficient (Wildman–Crippen LogP) is 12.9. The molecule has 0 spiro atoms. The number of unbranched alkanes of at least 4 members (excludes halogenated alkanes) is 24. The van der Waals surface area contributed by atoms with Gasteiger partial charge in [-0.15, -0.1) is 0 Å². The fraction of sp³-hybridized carbons (Fsp3) is 0.913. The second-order valence-electron chi connectivity index (χ2n) is 16.2. The average Bonchev–Trinajstić information content (AvgIpc) is 3.12. The van der Waals surface area contributed by atoms with E-state index < -0.39 is 0 Å². The van der Waals surface area contributed by atoms with Crippen LogP contribution in [0.5, 0.6) is 0 Å². The summed E-state index contributed by atoms with van der Waals surface area (Å²) in [7, 11) is 0. The van der Waals surface area contributed by atoms with Gasteiger partial charge in [0.1, 0.15) is 0 Å². The molecule has 0 fully saturated rings. The van der Waals surface area contributed by atoms with E-state index in [2.05, 4.69) is 61.8 Å². The van der Waals surface area contributed by atoms with Crippen molar-refractivity contribution in [3.05, 3.63) is 24.3 Å². The molecule has 0 saturated carbocycles. The maximum Gasteiger partial charge on any atom is 0.0109 e. The van der Waals surface area contributed by atoms with Crippen LogP contribution in [0.25, 0.3) is 0 Å². The second kappa shape index (κ2) is 41.1. The summed E-state index contributed by atoms with van der Waals surface area (Å²) >= 11 is 0. The van der Waals surface area contributed by atoms with Gasteiger partial charge in [0.15, 0.2) is 0 Å². The van der Waals surface area contributed by atoms with Gasteiger partial charge < -0.3 is 21.3 Å². The summed E-state index contributed by atoms with van der Waals surface area (Å²) in [5.74, 6) is 1.13. The Labute approximate surface area is 316 Å². The molecule has 2 unspecified atom stereocenters. The zero-order chi connectivity index (χ0) is 36.6. The molecule has 0 rings (SSSR count). The molecule has 0 aliphatic rings. The first-order valence-electron chi connectivity index (χ1n) is 22.7. The van der Waals surface area contributed by atoms with Gasteiger partial charge in [-0.05, 0) is 102 Å². The van der Waals surface area contributed by atoms with Crippen LogP contribution < -0.4 is 11.5 Å². The Hall–Kier alpha value is -0.680. The molecule has 0 radical (unpaired) electrons. The highest BCUT2D eigenvalue weighted by Crippen LogP contribution is 2.13. The lowest BCUT2D eigenvalue weighted by Crippen LogP contribution is -2.41. The van der Waals surface area contributed by atoms with Crippen LogP contribution in [0.1, 0.15) is 207 Å². The molecule has 0 bridgehead atoms. The summed E-state index contributed by atoms with van der Waals surface area (Å²) in [6, 6.07) is 0. The molecule has 50 heavy (non-hydrogen) atoms. The molecule has 0 aromatic rings. The van der Waals surface area contributed by atoms with Crippen LogP contribution in [-0.2, 0) is 0 Å². The molecule has 0 aliphatic heterocycles. The van der Waals surface area contributed by atoms with Gasteiger partial charge in [-0.25, -0.2) is 0 Å². The first kappa shape index (κ1) is 49.3. The van der Waals surface area contributed by atoms with Crippen molar-refractivity contribution in [3.63, 3.8) is 0 Å². The molecule has 0 aliphatic carbocycles. The zero-order valence-corrected chi connectivity index (χ0v) is 35.0. The number of rotatable bonds is 41. The van der Waals surface area contributed by atoms with E-state index >= 15 is 0 Å². The first-order valence-corrected chi connectivity index (χ1v) is 22.7. The molecule has 0 aromatic carbocycles. The maximum absolute atomic E-state index is 6.07. The van der Waals surface area contributed by atoms with Crippen molar-refractivity contribution in [2.24, 2.45) is 23.3 Å². The minimum Gasteiger partial charge on any atom is -0.330 e. The third-order valence-corrected chi connectivity index (χ3v) is 10.6. The Kier molecular flexibility index (Phi) is 40.5. The highest BCUT2D eigenvalue weighted by Gasteiger charge is 2.14. The van der Waals surface area contributed by atoms with Crippen molar-refractivity contribution in [1.82, 2.24) is 9.80 Å². The lowest BCUT2D eigenvalue weighted by atomic mass is 10.1. The van der Waals surface area contributed by atoms with Gasteiger partial charge in [0.25, 0.3) is 0 Å². The van der Waals surface area contributed by atoms with Gasteiger partial charge in [-0.2, -0.15) is 0 Å². The fourth-order valence-electron chi connectivity index (χ4n) is 7.07. The van der Waals surface area contributed by atoms with Crippen molar-refractivity contribution < 1.29 is 0 Å². The van der Waals surface area contributed by atoms with Gasteiger partial charge >= 0.3 is 0 Å². The largest absolute Gasteiger partial charge is 0.330 e. The summed E-state index contributed by atoms with van der Waals surface area (Å²) in [6.07, 6.45) is 48.1. The van der Waals surface area contributed by atoms with Crippen molar-refractivity contribution in [2.45, 2.75) is 207 Å². The smallest absolute Gasteiger partial charge is 0.0109 e. The van der Waals surface area contributed by atoms with Crippen molar-refractivity contribution >= 4 is 0 Å². The van der Waals surface area contributed by atoms with Crippen LogP contribution >= 0.6 is 0 Å². The van der Waals surface area contributed by atoms with Crippen LogP contribution in [0.2, 0.25) is 0 Å². The second-order valence-corrected chi connectivity index (χ2v) is 16.2. The topological polar surface area (TPSA) is 58.5 Å². The third-order valence-electron chi connectivity index (χ3n) is 10.6. The van der Waals surface area contributed by atoms with Crippen LogP contribution in [-0.4, -0.2) is 62.2 Å². The van der Waals surface area contributed by atoms with Crippen LogP contribution in [0, 0.1) is 11.8 Å². The van der Waals surface area contributed by atoms with E-state index in [0.717, 1.165) is 26.2 Å². The number of hydrogen-bond donors (Lipinski definition) is 2. The Bertz CT molecular complexity index is 634. The Balaban J connectivity index is 4.15. The maximum atomic E-state index is 6.07. The van der Waals surface area contributed by atoms with Crippen molar-refractivity contribution in [3.8, 4) is 0 Å².